The molecule has 1 amide bonds. The lowest BCUT2D eigenvalue weighted by molar-refractivity contribution is -0.384. The summed E-state index contributed by atoms with van der Waals surface area (Å²) >= 11 is 0. The summed E-state index contributed by atoms with van der Waals surface area (Å²) in [4.78, 5) is 22.0. The van der Waals surface area contributed by atoms with Gasteiger partial charge in [0, 0.05) is 24.7 Å². The van der Waals surface area contributed by atoms with Crippen molar-refractivity contribution < 1.29 is 9.72 Å². The molecule has 1 rings (SSSR count). The number of benzene rings is 1. The second-order valence-electron chi connectivity index (χ2n) is 4.39. The Hall–Kier alpha value is -1.95. The highest BCUT2D eigenvalue weighted by Crippen LogP contribution is 2.13. The topological polar surface area (TPSA) is 98.3 Å². The summed E-state index contributed by atoms with van der Waals surface area (Å²) in [7, 11) is 0. The molecule has 104 valence electrons. The van der Waals surface area contributed by atoms with Gasteiger partial charge in [0.15, 0.2) is 0 Å². The number of hydrogen-bond acceptors (Lipinski definition) is 4. The molecule has 0 aromatic heterocycles. The average molecular weight is 265 g/mol. The van der Waals surface area contributed by atoms with Gasteiger partial charge < -0.3 is 11.1 Å². The van der Waals surface area contributed by atoms with Gasteiger partial charge in [-0.3, -0.25) is 14.9 Å². The monoisotopic (exact) mass is 265 g/mol. The molecule has 1 atom stereocenters. The van der Waals surface area contributed by atoms with Crippen LogP contribution in [0, 0.1) is 10.1 Å². The van der Waals surface area contributed by atoms with Crippen LogP contribution in [0.4, 0.5) is 5.69 Å². The molecule has 0 heterocycles. The van der Waals surface area contributed by atoms with Crippen molar-refractivity contribution in [3.63, 3.8) is 0 Å². The highest BCUT2D eigenvalue weighted by molar-refractivity contribution is 5.79. The van der Waals surface area contributed by atoms with Gasteiger partial charge in [0.05, 0.1) is 11.3 Å². The van der Waals surface area contributed by atoms with Gasteiger partial charge in [0.25, 0.3) is 5.69 Å². The van der Waals surface area contributed by atoms with Crippen molar-refractivity contribution in [3.8, 4) is 0 Å². The molecule has 0 aliphatic carbocycles. The van der Waals surface area contributed by atoms with E-state index in [9.17, 15) is 14.9 Å². The van der Waals surface area contributed by atoms with E-state index in [4.69, 9.17) is 5.73 Å². The van der Waals surface area contributed by atoms with Crippen LogP contribution in [0.25, 0.3) is 0 Å². The van der Waals surface area contributed by atoms with Crippen LogP contribution in [0.15, 0.2) is 24.3 Å². The maximum absolute atomic E-state index is 11.8. The molecule has 1 aromatic rings. The van der Waals surface area contributed by atoms with Crippen LogP contribution in [-0.4, -0.2) is 23.4 Å². The van der Waals surface area contributed by atoms with Crippen molar-refractivity contribution in [1.82, 2.24) is 5.32 Å². The largest absolute Gasteiger partial charge is 0.352 e. The maximum Gasteiger partial charge on any atom is 0.269 e. The Morgan fingerprint density at radius 3 is 2.84 bits per heavy atom. The van der Waals surface area contributed by atoms with E-state index in [1.807, 2.05) is 6.92 Å². The molecule has 19 heavy (non-hydrogen) atoms. The summed E-state index contributed by atoms with van der Waals surface area (Å²) in [6.45, 7) is 2.42. The molecule has 0 spiro atoms. The maximum atomic E-state index is 11.8. The SMILES string of the molecule is CCCC(CN)NC(=O)Cc1cccc([N+](=O)[O-])c1. The first-order valence-corrected chi connectivity index (χ1v) is 6.29. The second kappa shape index (κ2) is 7.48. The van der Waals surface area contributed by atoms with Crippen molar-refractivity contribution >= 4 is 11.6 Å². The average Bonchev–Trinajstić information content (AvgIpc) is 2.38. The Labute approximate surface area is 112 Å². The van der Waals surface area contributed by atoms with Gasteiger partial charge in [-0.1, -0.05) is 25.5 Å². The van der Waals surface area contributed by atoms with Crippen molar-refractivity contribution in [2.24, 2.45) is 5.73 Å². The molecule has 1 unspecified atom stereocenters. The third-order valence-corrected chi connectivity index (χ3v) is 2.77. The summed E-state index contributed by atoms with van der Waals surface area (Å²) in [6.07, 6.45) is 1.90. The first-order valence-electron chi connectivity index (χ1n) is 6.29. The first-order chi connectivity index (χ1) is 9.06. The van der Waals surface area contributed by atoms with E-state index in [0.717, 1.165) is 12.8 Å². The Kier molecular flexibility index (Phi) is 5.95. The number of rotatable bonds is 7. The molecule has 1 aromatic carbocycles. The number of nitrogens with two attached hydrogens (primary N) is 1. The lowest BCUT2D eigenvalue weighted by Crippen LogP contribution is -2.40. The number of amides is 1. The fraction of sp³-hybridized carbons (Fsp3) is 0.462. The fourth-order valence-corrected chi connectivity index (χ4v) is 1.84. The molecule has 0 radical (unpaired) electrons. The molecule has 6 heteroatoms. The number of nitrogens with zero attached hydrogens (tertiary/aromatic N) is 1. The van der Waals surface area contributed by atoms with Crippen LogP contribution in [0.3, 0.4) is 0 Å². The van der Waals surface area contributed by atoms with Crippen molar-refractivity contribution in [2.75, 3.05) is 6.54 Å². The van der Waals surface area contributed by atoms with Crippen molar-refractivity contribution in [2.45, 2.75) is 32.2 Å². The number of carbonyl (C=O) groups excluding carboxylic acids is 1. The number of nitrogens with one attached hydrogen (secondary N) is 1. The van der Waals surface area contributed by atoms with Crippen LogP contribution in [0.1, 0.15) is 25.3 Å². The van der Waals surface area contributed by atoms with Gasteiger partial charge in [-0.15, -0.1) is 0 Å². The smallest absolute Gasteiger partial charge is 0.269 e. The van der Waals surface area contributed by atoms with Gasteiger partial charge >= 0.3 is 0 Å². The highest BCUT2D eigenvalue weighted by Gasteiger charge is 2.12. The van der Waals surface area contributed by atoms with Gasteiger partial charge in [-0.2, -0.15) is 0 Å². The van der Waals surface area contributed by atoms with Crippen molar-refractivity contribution in [3.05, 3.63) is 39.9 Å². The third kappa shape index (κ3) is 5.05. The minimum Gasteiger partial charge on any atom is -0.352 e. The zero-order valence-corrected chi connectivity index (χ0v) is 11.0. The molecule has 0 bridgehead atoms. The van der Waals surface area contributed by atoms with E-state index in [0.29, 0.717) is 12.1 Å². The third-order valence-electron chi connectivity index (χ3n) is 2.77. The molecule has 6 nitrogen and oxygen atoms in total. The van der Waals surface area contributed by atoms with Gasteiger partial charge in [0.1, 0.15) is 0 Å². The molecule has 0 aliphatic rings. The molecular formula is C13H19N3O3. The van der Waals surface area contributed by atoms with Crippen LogP contribution < -0.4 is 11.1 Å². The van der Waals surface area contributed by atoms with Crippen LogP contribution >= 0.6 is 0 Å². The highest BCUT2D eigenvalue weighted by atomic mass is 16.6. The normalized spacial score (nSPS) is 11.9. The van der Waals surface area contributed by atoms with E-state index >= 15 is 0 Å². The Bertz CT molecular complexity index is 449. The van der Waals surface area contributed by atoms with Gasteiger partial charge in [-0.05, 0) is 12.0 Å². The zero-order chi connectivity index (χ0) is 14.3. The zero-order valence-electron chi connectivity index (χ0n) is 11.0. The van der Waals surface area contributed by atoms with Gasteiger partial charge in [-0.25, -0.2) is 0 Å². The van der Waals surface area contributed by atoms with Crippen molar-refractivity contribution in [1.29, 1.82) is 0 Å². The van der Waals surface area contributed by atoms with Crippen LogP contribution in [-0.2, 0) is 11.2 Å². The molecule has 3 N–H and O–H groups in total. The lowest BCUT2D eigenvalue weighted by atomic mass is 10.1. The summed E-state index contributed by atoms with van der Waals surface area (Å²) in [5, 5.41) is 13.5. The standard InChI is InChI=1S/C13H19N3O3/c1-2-4-11(9-14)15-13(17)8-10-5-3-6-12(7-10)16(18)19/h3,5-7,11H,2,4,8-9,14H2,1H3,(H,15,17). The molecule has 0 fully saturated rings. The van der Waals surface area contributed by atoms with E-state index in [2.05, 4.69) is 5.32 Å². The van der Waals surface area contributed by atoms with Crippen LogP contribution in [0.5, 0.6) is 0 Å². The minimum absolute atomic E-state index is 0.00534. The van der Waals surface area contributed by atoms with E-state index in [1.165, 1.54) is 12.1 Å². The summed E-state index contributed by atoms with van der Waals surface area (Å²) in [6, 6.07) is 6.06. The Balaban J connectivity index is 2.61. The van der Waals surface area contributed by atoms with E-state index in [-0.39, 0.29) is 24.1 Å². The molecule has 0 aliphatic heterocycles. The predicted molar refractivity (Wildman–Crippen MR) is 72.7 cm³/mol. The fourth-order valence-electron chi connectivity index (χ4n) is 1.84. The molecule has 0 saturated heterocycles. The minimum atomic E-state index is -0.471. The van der Waals surface area contributed by atoms with Gasteiger partial charge in [0.2, 0.25) is 5.91 Å². The first kappa shape index (κ1) is 15.1. The number of nitro benzene ring substituents is 1. The second-order valence-corrected chi connectivity index (χ2v) is 4.39. The number of nitro groups is 1. The molecular weight excluding hydrogens is 246 g/mol. The lowest BCUT2D eigenvalue weighted by Gasteiger charge is -2.15. The summed E-state index contributed by atoms with van der Waals surface area (Å²) in [5.41, 5.74) is 6.18. The quantitative estimate of drug-likeness (QED) is 0.574. The van der Waals surface area contributed by atoms with Crippen LogP contribution in [0.2, 0.25) is 0 Å². The predicted octanol–water partition coefficient (Wildman–Crippen LogP) is 1.38. The van der Waals surface area contributed by atoms with E-state index < -0.39 is 4.92 Å². The number of hydrogen-bond donors (Lipinski definition) is 2. The molecule has 0 saturated carbocycles. The number of non-ortho nitro benzene ring substituents is 1. The summed E-state index contributed by atoms with van der Waals surface area (Å²) < 4.78 is 0. The Morgan fingerprint density at radius 2 is 2.26 bits per heavy atom. The number of carbonyl (C=O) groups is 1. The summed E-state index contributed by atoms with van der Waals surface area (Å²) in [5.74, 6) is -0.163. The Morgan fingerprint density at radius 1 is 1.53 bits per heavy atom. The van der Waals surface area contributed by atoms with E-state index in [1.54, 1.807) is 12.1 Å².